The van der Waals surface area contributed by atoms with E-state index in [9.17, 15) is 0 Å². The van der Waals surface area contributed by atoms with Crippen LogP contribution in [0.1, 0.15) is 59.3 Å². The molecule has 0 spiro atoms. The van der Waals surface area contributed by atoms with E-state index in [1.54, 1.807) is 0 Å². The van der Waals surface area contributed by atoms with E-state index in [1.807, 2.05) is 0 Å². The summed E-state index contributed by atoms with van der Waals surface area (Å²) >= 11 is 0. The van der Waals surface area contributed by atoms with Crippen molar-refractivity contribution in [2.24, 2.45) is 17.6 Å². The van der Waals surface area contributed by atoms with E-state index in [1.165, 1.54) is 38.5 Å². The van der Waals surface area contributed by atoms with Gasteiger partial charge in [0.2, 0.25) is 0 Å². The van der Waals surface area contributed by atoms with Crippen molar-refractivity contribution in [3.8, 4) is 0 Å². The second-order valence-corrected chi connectivity index (χ2v) is 5.50. The van der Waals surface area contributed by atoms with Crippen LogP contribution in [0.5, 0.6) is 0 Å². The number of hydrogen-bond donors (Lipinski definition) is 1. The van der Waals surface area contributed by atoms with Crippen LogP contribution < -0.4 is 5.73 Å². The standard InChI is InChI=1S/C12H25N/c1-10(2)5-4-7-12(13)8-6-11(3)9-12/h10-11H,4-9,13H2,1-3H3. The summed E-state index contributed by atoms with van der Waals surface area (Å²) in [4.78, 5) is 0. The minimum Gasteiger partial charge on any atom is -0.325 e. The maximum absolute atomic E-state index is 6.34. The summed E-state index contributed by atoms with van der Waals surface area (Å²) < 4.78 is 0. The summed E-state index contributed by atoms with van der Waals surface area (Å²) in [7, 11) is 0. The zero-order chi connectivity index (χ0) is 9.90. The van der Waals surface area contributed by atoms with Crippen molar-refractivity contribution < 1.29 is 0 Å². The third kappa shape index (κ3) is 3.68. The van der Waals surface area contributed by atoms with Gasteiger partial charge >= 0.3 is 0 Å². The number of nitrogens with two attached hydrogens (primary N) is 1. The molecule has 0 aromatic carbocycles. The molecule has 13 heavy (non-hydrogen) atoms. The molecular weight excluding hydrogens is 158 g/mol. The van der Waals surface area contributed by atoms with Crippen molar-refractivity contribution in [2.75, 3.05) is 0 Å². The molecule has 1 saturated carbocycles. The van der Waals surface area contributed by atoms with Gasteiger partial charge in [-0.1, -0.05) is 33.6 Å². The molecule has 1 heteroatoms. The van der Waals surface area contributed by atoms with E-state index in [4.69, 9.17) is 5.73 Å². The van der Waals surface area contributed by atoms with E-state index >= 15 is 0 Å². The van der Waals surface area contributed by atoms with Crippen LogP contribution in [-0.2, 0) is 0 Å². The van der Waals surface area contributed by atoms with Crippen LogP contribution >= 0.6 is 0 Å². The average Bonchev–Trinajstić information content (AvgIpc) is 2.30. The highest BCUT2D eigenvalue weighted by atomic mass is 14.8. The van der Waals surface area contributed by atoms with Crippen LogP contribution in [0.25, 0.3) is 0 Å². The molecule has 0 aromatic rings. The Morgan fingerprint density at radius 1 is 1.46 bits per heavy atom. The quantitative estimate of drug-likeness (QED) is 0.711. The van der Waals surface area contributed by atoms with Gasteiger partial charge in [0.25, 0.3) is 0 Å². The van der Waals surface area contributed by atoms with Gasteiger partial charge in [0.15, 0.2) is 0 Å². The van der Waals surface area contributed by atoms with Gasteiger partial charge in [-0.05, 0) is 37.5 Å². The summed E-state index contributed by atoms with van der Waals surface area (Å²) in [6.07, 6.45) is 7.76. The molecule has 78 valence electrons. The Balaban J connectivity index is 2.20. The van der Waals surface area contributed by atoms with Crippen LogP contribution in [0.2, 0.25) is 0 Å². The first-order valence-electron chi connectivity index (χ1n) is 5.81. The second-order valence-electron chi connectivity index (χ2n) is 5.50. The first kappa shape index (κ1) is 11.0. The molecule has 1 aliphatic carbocycles. The Kier molecular flexibility index (Phi) is 3.78. The van der Waals surface area contributed by atoms with Crippen molar-refractivity contribution in [1.29, 1.82) is 0 Å². The van der Waals surface area contributed by atoms with E-state index in [0.717, 1.165) is 11.8 Å². The van der Waals surface area contributed by atoms with E-state index in [-0.39, 0.29) is 5.54 Å². The molecule has 0 aromatic heterocycles. The molecule has 1 aliphatic rings. The fraction of sp³-hybridized carbons (Fsp3) is 1.00. The summed E-state index contributed by atoms with van der Waals surface area (Å²) in [6, 6.07) is 0. The van der Waals surface area contributed by atoms with Gasteiger partial charge in [-0.25, -0.2) is 0 Å². The van der Waals surface area contributed by atoms with Crippen molar-refractivity contribution in [3.05, 3.63) is 0 Å². The van der Waals surface area contributed by atoms with Crippen molar-refractivity contribution in [1.82, 2.24) is 0 Å². The predicted octanol–water partition coefficient (Wildman–Crippen LogP) is 3.33. The lowest BCUT2D eigenvalue weighted by molar-refractivity contribution is 0.363. The fourth-order valence-corrected chi connectivity index (χ4v) is 2.52. The molecule has 2 N–H and O–H groups in total. The number of hydrogen-bond acceptors (Lipinski definition) is 1. The fourth-order valence-electron chi connectivity index (χ4n) is 2.52. The highest BCUT2D eigenvalue weighted by molar-refractivity contribution is 4.91. The molecule has 1 nitrogen and oxygen atoms in total. The van der Waals surface area contributed by atoms with Gasteiger partial charge in [-0.15, -0.1) is 0 Å². The summed E-state index contributed by atoms with van der Waals surface area (Å²) in [5.41, 5.74) is 6.54. The van der Waals surface area contributed by atoms with Crippen LogP contribution in [0.3, 0.4) is 0 Å². The smallest absolute Gasteiger partial charge is 0.0157 e. The van der Waals surface area contributed by atoms with Crippen LogP contribution in [-0.4, -0.2) is 5.54 Å². The van der Waals surface area contributed by atoms with Gasteiger partial charge in [-0.3, -0.25) is 0 Å². The number of rotatable bonds is 4. The summed E-state index contributed by atoms with van der Waals surface area (Å²) in [5.74, 6) is 1.70. The molecule has 0 heterocycles. The molecular formula is C12H25N. The second kappa shape index (κ2) is 4.45. The molecule has 2 unspecified atom stereocenters. The van der Waals surface area contributed by atoms with Gasteiger partial charge in [0.05, 0.1) is 0 Å². The zero-order valence-corrected chi connectivity index (χ0v) is 9.47. The largest absolute Gasteiger partial charge is 0.325 e. The van der Waals surface area contributed by atoms with Crippen LogP contribution in [0.4, 0.5) is 0 Å². The molecule has 1 fully saturated rings. The normalized spacial score (nSPS) is 34.4. The minimum atomic E-state index is 0.203. The van der Waals surface area contributed by atoms with Crippen molar-refractivity contribution in [2.45, 2.75) is 64.8 Å². The van der Waals surface area contributed by atoms with Gasteiger partial charge < -0.3 is 5.73 Å². The highest BCUT2D eigenvalue weighted by Gasteiger charge is 2.32. The Morgan fingerprint density at radius 3 is 2.62 bits per heavy atom. The van der Waals surface area contributed by atoms with E-state index in [2.05, 4.69) is 20.8 Å². The monoisotopic (exact) mass is 183 g/mol. The van der Waals surface area contributed by atoms with Gasteiger partial charge in [0.1, 0.15) is 0 Å². The van der Waals surface area contributed by atoms with E-state index in [0.29, 0.717) is 0 Å². The Bertz CT molecular complexity index is 153. The van der Waals surface area contributed by atoms with Crippen molar-refractivity contribution >= 4 is 0 Å². The molecule has 0 radical (unpaired) electrons. The maximum Gasteiger partial charge on any atom is 0.0157 e. The SMILES string of the molecule is CC(C)CCCC1(N)CCC(C)C1. The lowest BCUT2D eigenvalue weighted by Crippen LogP contribution is -2.36. The Hall–Kier alpha value is -0.0400. The molecule has 0 bridgehead atoms. The zero-order valence-electron chi connectivity index (χ0n) is 9.47. The lowest BCUT2D eigenvalue weighted by atomic mass is 9.89. The summed E-state index contributed by atoms with van der Waals surface area (Å²) in [5, 5.41) is 0. The lowest BCUT2D eigenvalue weighted by Gasteiger charge is -2.24. The first-order valence-corrected chi connectivity index (χ1v) is 5.81. The van der Waals surface area contributed by atoms with Crippen LogP contribution in [0, 0.1) is 11.8 Å². The Morgan fingerprint density at radius 2 is 2.15 bits per heavy atom. The van der Waals surface area contributed by atoms with Gasteiger partial charge in [0, 0.05) is 5.54 Å². The third-order valence-electron chi connectivity index (χ3n) is 3.35. The first-order chi connectivity index (χ1) is 6.02. The minimum absolute atomic E-state index is 0.203. The van der Waals surface area contributed by atoms with Crippen molar-refractivity contribution in [3.63, 3.8) is 0 Å². The molecule has 1 rings (SSSR count). The summed E-state index contributed by atoms with van der Waals surface area (Å²) in [6.45, 7) is 6.91. The average molecular weight is 183 g/mol. The molecule has 2 atom stereocenters. The Labute approximate surface area is 83.1 Å². The predicted molar refractivity (Wildman–Crippen MR) is 58.6 cm³/mol. The van der Waals surface area contributed by atoms with Gasteiger partial charge in [-0.2, -0.15) is 0 Å². The third-order valence-corrected chi connectivity index (χ3v) is 3.35. The topological polar surface area (TPSA) is 26.0 Å². The molecule has 0 aliphatic heterocycles. The van der Waals surface area contributed by atoms with E-state index < -0.39 is 0 Å². The van der Waals surface area contributed by atoms with Crippen LogP contribution in [0.15, 0.2) is 0 Å². The maximum atomic E-state index is 6.34. The highest BCUT2D eigenvalue weighted by Crippen LogP contribution is 2.35. The molecule has 0 saturated heterocycles. The molecule has 0 amide bonds.